The number of carbonyl (C=O) groups is 2. The summed E-state index contributed by atoms with van der Waals surface area (Å²) in [6, 6.07) is 4.48. The number of hydrogen-bond donors (Lipinski definition) is 0. The molecule has 2 rings (SSSR count). The Kier molecular flexibility index (Phi) is 4.89. The van der Waals surface area contributed by atoms with Crippen molar-refractivity contribution in [2.45, 2.75) is 37.7 Å². The summed E-state index contributed by atoms with van der Waals surface area (Å²) >= 11 is 0. The highest BCUT2D eigenvalue weighted by atomic mass is 32.2. The molecule has 0 unspecified atom stereocenters. The van der Waals surface area contributed by atoms with E-state index in [9.17, 15) is 18.0 Å². The van der Waals surface area contributed by atoms with E-state index in [-0.39, 0.29) is 29.3 Å². The number of benzene rings is 1. The van der Waals surface area contributed by atoms with E-state index < -0.39 is 27.5 Å². The number of carbonyl (C=O) groups excluding carboxylic acids is 2. The average molecular weight is 355 g/mol. The van der Waals surface area contributed by atoms with E-state index in [2.05, 4.69) is 4.74 Å². The summed E-state index contributed by atoms with van der Waals surface area (Å²) < 4.78 is 34.5. The monoisotopic (exact) mass is 355 g/mol. The van der Waals surface area contributed by atoms with Crippen LogP contribution in [0.1, 0.15) is 26.3 Å². The molecule has 0 atom stereocenters. The van der Waals surface area contributed by atoms with Gasteiger partial charge in [0.2, 0.25) is 0 Å². The molecular formula is C16H21NO6S. The minimum absolute atomic E-state index is 0.00588. The van der Waals surface area contributed by atoms with Crippen molar-refractivity contribution in [3.63, 3.8) is 0 Å². The van der Waals surface area contributed by atoms with Gasteiger partial charge in [-0.15, -0.1) is 0 Å². The number of methoxy groups -OCH3 is 1. The molecule has 0 bridgehead atoms. The lowest BCUT2D eigenvalue weighted by atomic mass is 10.1. The first-order valence-corrected chi connectivity index (χ1v) is 9.12. The van der Waals surface area contributed by atoms with Crippen molar-refractivity contribution in [1.29, 1.82) is 0 Å². The minimum atomic E-state index is -3.47. The van der Waals surface area contributed by atoms with Crippen LogP contribution in [-0.4, -0.2) is 45.5 Å². The number of hydrogen-bond acceptors (Lipinski definition) is 6. The van der Waals surface area contributed by atoms with Gasteiger partial charge in [0, 0.05) is 6.54 Å². The van der Waals surface area contributed by atoms with Crippen LogP contribution in [0.2, 0.25) is 0 Å². The second-order valence-electron chi connectivity index (χ2n) is 6.51. The Labute approximate surface area is 141 Å². The second kappa shape index (κ2) is 6.43. The fraction of sp³-hybridized carbons (Fsp3) is 0.500. The fourth-order valence-electron chi connectivity index (χ4n) is 2.33. The first-order chi connectivity index (χ1) is 11.0. The molecule has 1 heterocycles. The normalized spacial score (nSPS) is 16.2. The summed E-state index contributed by atoms with van der Waals surface area (Å²) in [5, 5.41) is 0. The number of amides is 1. The van der Waals surface area contributed by atoms with Crippen LogP contribution < -0.4 is 4.90 Å². The highest BCUT2D eigenvalue weighted by molar-refractivity contribution is 7.91. The lowest BCUT2D eigenvalue weighted by Crippen LogP contribution is -2.42. The zero-order valence-corrected chi connectivity index (χ0v) is 15.0. The number of sulfone groups is 1. The van der Waals surface area contributed by atoms with E-state index in [1.807, 2.05) is 0 Å². The molecule has 24 heavy (non-hydrogen) atoms. The van der Waals surface area contributed by atoms with Crippen molar-refractivity contribution >= 4 is 27.6 Å². The van der Waals surface area contributed by atoms with Crippen LogP contribution in [-0.2, 0) is 30.5 Å². The lowest BCUT2D eigenvalue weighted by Gasteiger charge is -2.31. The van der Waals surface area contributed by atoms with E-state index >= 15 is 0 Å². The van der Waals surface area contributed by atoms with Gasteiger partial charge in [-0.2, -0.15) is 0 Å². The largest absolute Gasteiger partial charge is 0.469 e. The maximum atomic E-state index is 12.4. The van der Waals surface area contributed by atoms with E-state index in [0.717, 1.165) is 0 Å². The number of fused-ring (bicyclic) bond motifs is 1. The Morgan fingerprint density at radius 3 is 2.50 bits per heavy atom. The third-order valence-corrected chi connectivity index (χ3v) is 5.16. The third-order valence-electron chi connectivity index (χ3n) is 3.42. The molecule has 1 aliphatic rings. The van der Waals surface area contributed by atoms with Crippen LogP contribution in [0.3, 0.4) is 0 Å². The SMILES string of the molecule is COC(=O)Cc1ccc2c(c1)N(C(=O)OC(C)(C)C)CCS2(=O)=O. The van der Waals surface area contributed by atoms with Crippen LogP contribution in [0.4, 0.5) is 10.5 Å². The van der Waals surface area contributed by atoms with Crippen molar-refractivity contribution < 1.29 is 27.5 Å². The molecule has 0 fully saturated rings. The first-order valence-electron chi connectivity index (χ1n) is 7.46. The molecule has 1 aliphatic heterocycles. The van der Waals surface area contributed by atoms with Crippen LogP contribution >= 0.6 is 0 Å². The maximum absolute atomic E-state index is 12.4. The van der Waals surface area contributed by atoms with Crippen molar-refractivity contribution in [3.05, 3.63) is 23.8 Å². The molecule has 1 aromatic carbocycles. The molecule has 0 saturated carbocycles. The maximum Gasteiger partial charge on any atom is 0.414 e. The van der Waals surface area contributed by atoms with Gasteiger partial charge >= 0.3 is 12.1 Å². The Morgan fingerprint density at radius 1 is 1.25 bits per heavy atom. The van der Waals surface area contributed by atoms with Crippen molar-refractivity contribution in [2.24, 2.45) is 0 Å². The van der Waals surface area contributed by atoms with Gasteiger partial charge in [0.15, 0.2) is 9.84 Å². The van der Waals surface area contributed by atoms with Crippen LogP contribution in [0.5, 0.6) is 0 Å². The van der Waals surface area contributed by atoms with Crippen molar-refractivity contribution in [1.82, 2.24) is 0 Å². The standard InChI is InChI=1S/C16H21NO6S/c1-16(2,3)23-15(19)17-7-8-24(20,21)13-6-5-11(9-12(13)17)10-14(18)22-4/h5-6,9H,7-8,10H2,1-4H3. The van der Waals surface area contributed by atoms with Gasteiger partial charge < -0.3 is 9.47 Å². The van der Waals surface area contributed by atoms with Crippen LogP contribution in [0.25, 0.3) is 0 Å². The number of anilines is 1. The zero-order valence-electron chi connectivity index (χ0n) is 14.2. The summed E-state index contributed by atoms with van der Waals surface area (Å²) in [4.78, 5) is 25.2. The number of ether oxygens (including phenoxy) is 2. The third kappa shape index (κ3) is 4.05. The van der Waals surface area contributed by atoms with Gasteiger partial charge in [0.05, 0.1) is 29.9 Å². The number of rotatable bonds is 2. The molecular weight excluding hydrogens is 334 g/mol. The van der Waals surface area contributed by atoms with E-state index in [1.165, 1.54) is 24.1 Å². The molecule has 8 heteroatoms. The molecule has 7 nitrogen and oxygen atoms in total. The lowest BCUT2D eigenvalue weighted by molar-refractivity contribution is -0.139. The second-order valence-corrected chi connectivity index (χ2v) is 8.58. The molecule has 1 aromatic rings. The van der Waals surface area contributed by atoms with Crippen molar-refractivity contribution in [3.8, 4) is 0 Å². The summed E-state index contributed by atoms with van der Waals surface area (Å²) in [5.41, 5.74) is 0.0974. The highest BCUT2D eigenvalue weighted by Crippen LogP contribution is 2.32. The Hall–Kier alpha value is -2.09. The van der Waals surface area contributed by atoms with Crippen LogP contribution in [0.15, 0.2) is 23.1 Å². The van der Waals surface area contributed by atoms with E-state index in [0.29, 0.717) is 5.56 Å². The highest BCUT2D eigenvalue weighted by Gasteiger charge is 2.34. The van der Waals surface area contributed by atoms with E-state index in [1.54, 1.807) is 26.8 Å². The molecule has 0 aliphatic carbocycles. The quantitative estimate of drug-likeness (QED) is 0.753. The molecule has 0 radical (unpaired) electrons. The summed E-state index contributed by atoms with van der Waals surface area (Å²) in [7, 11) is -2.19. The Morgan fingerprint density at radius 2 is 1.92 bits per heavy atom. The summed E-state index contributed by atoms with van der Waals surface area (Å²) in [6.45, 7) is 5.21. The van der Waals surface area contributed by atoms with Gasteiger partial charge in [-0.25, -0.2) is 13.2 Å². The minimum Gasteiger partial charge on any atom is -0.469 e. The molecule has 0 aromatic heterocycles. The molecule has 132 valence electrons. The topological polar surface area (TPSA) is 90.0 Å². The summed E-state index contributed by atoms with van der Waals surface area (Å²) in [6.07, 6.45) is -0.625. The Balaban J connectivity index is 2.43. The Bertz CT molecular complexity index is 763. The molecule has 0 spiro atoms. The summed E-state index contributed by atoms with van der Waals surface area (Å²) in [5.74, 6) is -0.618. The van der Waals surface area contributed by atoms with E-state index in [4.69, 9.17) is 4.74 Å². The van der Waals surface area contributed by atoms with Gasteiger partial charge in [0.1, 0.15) is 5.60 Å². The van der Waals surface area contributed by atoms with Gasteiger partial charge in [0.25, 0.3) is 0 Å². The molecule has 1 amide bonds. The fourth-order valence-corrected chi connectivity index (χ4v) is 3.74. The van der Waals surface area contributed by atoms with Gasteiger partial charge in [-0.05, 0) is 38.5 Å². The molecule has 0 saturated heterocycles. The van der Waals surface area contributed by atoms with Crippen LogP contribution in [0, 0.1) is 0 Å². The predicted molar refractivity (Wildman–Crippen MR) is 87.8 cm³/mol. The average Bonchev–Trinajstić information content (AvgIpc) is 2.44. The van der Waals surface area contributed by atoms with Gasteiger partial charge in [-0.1, -0.05) is 6.07 Å². The number of esters is 1. The van der Waals surface area contributed by atoms with Gasteiger partial charge in [-0.3, -0.25) is 9.69 Å². The first kappa shape index (κ1) is 18.3. The predicted octanol–water partition coefficient (Wildman–Crippen LogP) is 1.93. The molecule has 0 N–H and O–H groups in total. The van der Waals surface area contributed by atoms with Crippen molar-refractivity contribution in [2.75, 3.05) is 24.3 Å². The smallest absolute Gasteiger partial charge is 0.414 e. The zero-order chi connectivity index (χ0) is 18.1. The number of nitrogens with zero attached hydrogens (tertiary/aromatic N) is 1.